The number of hydrogen-bond acceptors (Lipinski definition) is 6. The molecule has 6 nitrogen and oxygen atoms in total. The Labute approximate surface area is 110 Å². The Kier molecular flexibility index (Phi) is 3.51. The van der Waals surface area contributed by atoms with Gasteiger partial charge >= 0.3 is 0 Å². The summed E-state index contributed by atoms with van der Waals surface area (Å²) in [6.07, 6.45) is 9.31. The predicted octanol–water partition coefficient (Wildman–Crippen LogP) is 1.48. The molecule has 96 valence electrons. The van der Waals surface area contributed by atoms with Gasteiger partial charge < -0.3 is 11.5 Å². The van der Waals surface area contributed by atoms with Crippen LogP contribution in [0.3, 0.4) is 0 Å². The molecule has 5 N–H and O–H groups in total. The van der Waals surface area contributed by atoms with Crippen LogP contribution in [0, 0.1) is 5.41 Å². The van der Waals surface area contributed by atoms with Gasteiger partial charge in [-0.25, -0.2) is 9.97 Å². The molecule has 1 aliphatic rings. The fourth-order valence-corrected chi connectivity index (χ4v) is 1.73. The lowest BCUT2D eigenvalue weighted by Gasteiger charge is -2.09. The van der Waals surface area contributed by atoms with E-state index in [0.29, 0.717) is 17.6 Å². The number of anilines is 2. The van der Waals surface area contributed by atoms with E-state index in [1.165, 1.54) is 6.33 Å². The summed E-state index contributed by atoms with van der Waals surface area (Å²) in [6.45, 7) is 3.48. The maximum atomic E-state index is 8.20. The molecule has 0 radical (unpaired) electrons. The van der Waals surface area contributed by atoms with Crippen LogP contribution in [-0.2, 0) is 0 Å². The first-order valence-electron chi connectivity index (χ1n) is 5.64. The van der Waals surface area contributed by atoms with E-state index in [1.807, 2.05) is 12.2 Å². The highest BCUT2D eigenvalue weighted by Crippen LogP contribution is 2.21. The summed E-state index contributed by atoms with van der Waals surface area (Å²) in [5, 5.41) is 8.20. The third-order valence-electron chi connectivity index (χ3n) is 2.73. The molecule has 6 heteroatoms. The van der Waals surface area contributed by atoms with Crippen LogP contribution in [0.5, 0.6) is 0 Å². The first kappa shape index (κ1) is 12.7. The molecule has 0 saturated carbocycles. The van der Waals surface area contributed by atoms with Crippen molar-refractivity contribution < 1.29 is 0 Å². The summed E-state index contributed by atoms with van der Waals surface area (Å²) in [5.41, 5.74) is 13.5. The highest BCUT2D eigenvalue weighted by Gasteiger charge is 2.15. The van der Waals surface area contributed by atoms with E-state index >= 15 is 0 Å². The highest BCUT2D eigenvalue weighted by atomic mass is 15.0. The highest BCUT2D eigenvalue weighted by molar-refractivity contribution is 6.17. The second kappa shape index (κ2) is 5.26. The van der Waals surface area contributed by atoms with Crippen molar-refractivity contribution in [2.75, 3.05) is 11.5 Å². The molecule has 0 bridgehead atoms. The van der Waals surface area contributed by atoms with Crippen molar-refractivity contribution in [3.63, 3.8) is 0 Å². The molecule has 0 amide bonds. The van der Waals surface area contributed by atoms with Crippen molar-refractivity contribution in [3.05, 3.63) is 47.5 Å². The van der Waals surface area contributed by atoms with E-state index in [2.05, 4.69) is 21.7 Å². The molecule has 0 aromatic carbocycles. The smallest absolute Gasteiger partial charge is 0.138 e. The Morgan fingerprint density at radius 1 is 1.21 bits per heavy atom. The molecule has 0 fully saturated rings. The van der Waals surface area contributed by atoms with Crippen LogP contribution >= 0.6 is 0 Å². The van der Waals surface area contributed by atoms with Gasteiger partial charge in [0, 0.05) is 0 Å². The molecule has 1 aromatic rings. The molecule has 0 unspecified atom stereocenters. The molecule has 0 atom stereocenters. The van der Waals surface area contributed by atoms with E-state index in [9.17, 15) is 0 Å². The van der Waals surface area contributed by atoms with Crippen molar-refractivity contribution >= 4 is 24.1 Å². The van der Waals surface area contributed by atoms with E-state index in [1.54, 1.807) is 12.2 Å². The molecule has 2 rings (SSSR count). The van der Waals surface area contributed by atoms with Gasteiger partial charge in [0.1, 0.15) is 18.0 Å². The molecular formula is C13H14N6. The summed E-state index contributed by atoms with van der Waals surface area (Å²) in [6, 6.07) is 0. The van der Waals surface area contributed by atoms with Crippen molar-refractivity contribution in [1.29, 1.82) is 5.41 Å². The van der Waals surface area contributed by atoms with Gasteiger partial charge in [-0.3, -0.25) is 10.4 Å². The van der Waals surface area contributed by atoms with Gasteiger partial charge in [-0.15, -0.1) is 0 Å². The lowest BCUT2D eigenvalue weighted by molar-refractivity contribution is 1.17. The largest absolute Gasteiger partial charge is 0.383 e. The molecule has 1 aliphatic carbocycles. The Morgan fingerprint density at radius 2 is 1.89 bits per heavy atom. The number of nitrogens with one attached hydrogen (secondary N) is 1. The maximum Gasteiger partial charge on any atom is 0.138 e. The Morgan fingerprint density at radius 3 is 2.53 bits per heavy atom. The zero-order valence-corrected chi connectivity index (χ0v) is 10.3. The third-order valence-corrected chi connectivity index (χ3v) is 2.73. The van der Waals surface area contributed by atoms with Crippen LogP contribution < -0.4 is 11.5 Å². The molecule has 0 aliphatic heterocycles. The van der Waals surface area contributed by atoms with E-state index in [4.69, 9.17) is 16.9 Å². The van der Waals surface area contributed by atoms with Gasteiger partial charge in [0.15, 0.2) is 0 Å². The lowest BCUT2D eigenvalue weighted by atomic mass is 10.0. The number of aromatic nitrogens is 2. The van der Waals surface area contributed by atoms with Crippen molar-refractivity contribution in [2.45, 2.75) is 6.42 Å². The van der Waals surface area contributed by atoms with Crippen LogP contribution in [0.4, 0.5) is 11.6 Å². The maximum absolute atomic E-state index is 8.20. The topological polar surface area (TPSA) is 114 Å². The number of nitrogens with two attached hydrogens (primary N) is 2. The third kappa shape index (κ3) is 2.57. The van der Waals surface area contributed by atoms with Crippen molar-refractivity contribution in [3.8, 4) is 0 Å². The normalized spacial score (nSPS) is 14.3. The van der Waals surface area contributed by atoms with Crippen LogP contribution in [0.25, 0.3) is 0 Å². The standard InChI is InChI=1S/C13H14N6/c1-17-9-4-2-3-8(5-6-9)11(14)10-12(15)18-7-19-13(10)16/h3-7,14H,1-2H2,(H4,15,16,18,19). The Balaban J connectivity index is 2.36. The first-order valence-corrected chi connectivity index (χ1v) is 5.64. The fourth-order valence-electron chi connectivity index (χ4n) is 1.73. The monoisotopic (exact) mass is 254 g/mol. The molecule has 0 spiro atoms. The van der Waals surface area contributed by atoms with E-state index in [-0.39, 0.29) is 17.3 Å². The van der Waals surface area contributed by atoms with Gasteiger partial charge in [-0.2, -0.15) is 0 Å². The fraction of sp³-hybridized carbons (Fsp3) is 0.0769. The van der Waals surface area contributed by atoms with E-state index in [0.717, 1.165) is 5.70 Å². The van der Waals surface area contributed by atoms with E-state index < -0.39 is 0 Å². The zero-order chi connectivity index (χ0) is 13.8. The van der Waals surface area contributed by atoms with Gasteiger partial charge in [-0.1, -0.05) is 18.2 Å². The summed E-state index contributed by atoms with van der Waals surface area (Å²) >= 11 is 0. The van der Waals surface area contributed by atoms with Crippen LogP contribution in [0.15, 0.2) is 46.9 Å². The summed E-state index contributed by atoms with van der Waals surface area (Å²) in [5.74, 6) is 0.400. The molecule has 19 heavy (non-hydrogen) atoms. The second-order valence-corrected chi connectivity index (χ2v) is 3.91. The predicted molar refractivity (Wildman–Crippen MR) is 77.2 cm³/mol. The average Bonchev–Trinajstić information content (AvgIpc) is 2.63. The SMILES string of the molecule is C=NC1=CCC=C(C(=N)c2c(N)ncnc2N)C=C1. The molecule has 1 heterocycles. The summed E-state index contributed by atoms with van der Waals surface area (Å²) < 4.78 is 0. The van der Waals surface area contributed by atoms with Crippen molar-refractivity contribution in [1.82, 2.24) is 9.97 Å². The average molecular weight is 254 g/mol. The summed E-state index contributed by atoms with van der Waals surface area (Å²) in [7, 11) is 0. The molecule has 1 aromatic heterocycles. The minimum absolute atomic E-state index is 0.200. The van der Waals surface area contributed by atoms with Crippen LogP contribution in [0.1, 0.15) is 12.0 Å². The van der Waals surface area contributed by atoms with Gasteiger partial charge in [-0.05, 0) is 24.8 Å². The first-order chi connectivity index (χ1) is 9.13. The van der Waals surface area contributed by atoms with Crippen molar-refractivity contribution in [2.24, 2.45) is 4.99 Å². The number of aliphatic imine (C=N–C) groups is 1. The number of allylic oxidation sites excluding steroid dienone is 5. The second-order valence-electron chi connectivity index (χ2n) is 3.91. The van der Waals surface area contributed by atoms with Crippen LogP contribution in [0.2, 0.25) is 0 Å². The molecule has 0 saturated heterocycles. The van der Waals surface area contributed by atoms with Gasteiger partial charge in [0.05, 0.1) is 17.0 Å². The quantitative estimate of drug-likeness (QED) is 0.708. The zero-order valence-electron chi connectivity index (χ0n) is 10.3. The number of hydrogen-bond donors (Lipinski definition) is 3. The van der Waals surface area contributed by atoms with Gasteiger partial charge in [0.2, 0.25) is 0 Å². The number of nitrogen functional groups attached to an aromatic ring is 2. The lowest BCUT2D eigenvalue weighted by Crippen LogP contribution is -2.12. The Hall–Kier alpha value is -2.76. The minimum atomic E-state index is 0.200. The molecular weight excluding hydrogens is 240 g/mol. The minimum Gasteiger partial charge on any atom is -0.383 e. The number of rotatable bonds is 3. The number of nitrogens with zero attached hydrogens (tertiary/aromatic N) is 3. The summed E-state index contributed by atoms with van der Waals surface area (Å²) in [4.78, 5) is 11.6. The van der Waals surface area contributed by atoms with Gasteiger partial charge in [0.25, 0.3) is 0 Å². The van der Waals surface area contributed by atoms with Crippen LogP contribution in [-0.4, -0.2) is 22.4 Å². The Bertz CT molecular complexity index is 604.